The molecule has 3 nitrogen and oxygen atoms in total. The van der Waals surface area contributed by atoms with Crippen molar-refractivity contribution in [2.24, 2.45) is 0 Å². The minimum atomic E-state index is 0.273. The van der Waals surface area contributed by atoms with Gasteiger partial charge in [-0.05, 0) is 47.0 Å². The Morgan fingerprint density at radius 2 is 1.69 bits per heavy atom. The summed E-state index contributed by atoms with van der Waals surface area (Å²) in [4.78, 5) is 4.09. The Labute approximate surface area is 162 Å². The van der Waals surface area contributed by atoms with Gasteiger partial charge in [-0.3, -0.25) is 4.98 Å². The maximum Gasteiger partial charge on any atom is 0.120 e. The van der Waals surface area contributed by atoms with Crippen LogP contribution in [-0.4, -0.2) is 10.1 Å². The second-order valence-corrected chi connectivity index (χ2v) is 6.67. The van der Waals surface area contributed by atoms with E-state index in [1.165, 1.54) is 0 Å². The molecule has 26 heavy (non-hydrogen) atoms. The van der Waals surface area contributed by atoms with E-state index in [0.29, 0.717) is 23.1 Å². The lowest BCUT2D eigenvalue weighted by Crippen LogP contribution is -2.12. The van der Waals surface area contributed by atoms with Gasteiger partial charge in [-0.15, -0.1) is 0 Å². The Balaban J connectivity index is 1.66. The summed E-state index contributed by atoms with van der Waals surface area (Å²) >= 11 is 12.0. The molecule has 5 heteroatoms. The molecule has 0 unspecified atom stereocenters. The molecule has 0 aliphatic heterocycles. The van der Waals surface area contributed by atoms with Gasteiger partial charge >= 0.3 is 0 Å². The monoisotopic (exact) mass is 384 g/mol. The summed E-state index contributed by atoms with van der Waals surface area (Å²) in [6.07, 6.45) is 7.51. The van der Waals surface area contributed by atoms with E-state index in [4.69, 9.17) is 23.2 Å². The topological polar surface area (TPSA) is 45.1 Å². The van der Waals surface area contributed by atoms with Crippen LogP contribution in [0.15, 0.2) is 60.9 Å². The maximum atomic E-state index is 10.1. The van der Waals surface area contributed by atoms with Crippen molar-refractivity contribution in [3.8, 4) is 5.75 Å². The molecule has 0 atom stereocenters. The molecule has 132 valence electrons. The third-order valence-corrected chi connectivity index (χ3v) is 4.62. The van der Waals surface area contributed by atoms with Gasteiger partial charge in [0, 0.05) is 31.0 Å². The summed E-state index contributed by atoms with van der Waals surface area (Å²) in [6.45, 7) is 1.26. The van der Waals surface area contributed by atoms with E-state index in [1.807, 2.05) is 54.7 Å². The number of pyridine rings is 1. The molecule has 2 aromatic carbocycles. The van der Waals surface area contributed by atoms with Crippen LogP contribution in [-0.2, 0) is 13.1 Å². The van der Waals surface area contributed by atoms with Gasteiger partial charge in [0.15, 0.2) is 0 Å². The smallest absolute Gasteiger partial charge is 0.120 e. The van der Waals surface area contributed by atoms with Crippen LogP contribution in [0.2, 0.25) is 10.0 Å². The first-order valence-electron chi connectivity index (χ1n) is 8.16. The third kappa shape index (κ3) is 5.09. The molecular formula is C21H18Cl2N2O. The van der Waals surface area contributed by atoms with Crippen LogP contribution in [0.1, 0.15) is 22.3 Å². The first-order valence-corrected chi connectivity index (χ1v) is 8.92. The third-order valence-electron chi connectivity index (χ3n) is 3.88. The molecule has 0 saturated heterocycles. The SMILES string of the molecule is Oc1ccc(/C=C/c2ccc(Cl)c(Cl)c2)cc1CNCc1cccnc1. The molecule has 0 saturated carbocycles. The van der Waals surface area contributed by atoms with Crippen LogP contribution < -0.4 is 5.32 Å². The van der Waals surface area contributed by atoms with Crippen LogP contribution in [0.4, 0.5) is 0 Å². The number of nitrogens with one attached hydrogen (secondary N) is 1. The molecule has 0 aliphatic rings. The van der Waals surface area contributed by atoms with Gasteiger partial charge in [0.2, 0.25) is 0 Å². The van der Waals surface area contributed by atoms with Gasteiger partial charge in [-0.1, -0.05) is 53.6 Å². The second-order valence-electron chi connectivity index (χ2n) is 5.86. The standard InChI is InChI=1S/C21H18Cl2N2O/c22-19-7-5-16(11-20(19)23)4-3-15-6-8-21(26)18(10-15)14-25-13-17-2-1-9-24-12-17/h1-12,25-26H,13-14H2/b4-3+. The fourth-order valence-electron chi connectivity index (χ4n) is 2.50. The van der Waals surface area contributed by atoms with Crippen LogP contribution in [0, 0.1) is 0 Å². The van der Waals surface area contributed by atoms with Gasteiger partial charge in [-0.25, -0.2) is 0 Å². The fourth-order valence-corrected chi connectivity index (χ4v) is 2.81. The lowest BCUT2D eigenvalue weighted by molar-refractivity contribution is 0.464. The zero-order valence-electron chi connectivity index (χ0n) is 14.0. The zero-order chi connectivity index (χ0) is 18.4. The lowest BCUT2D eigenvalue weighted by atomic mass is 10.1. The van der Waals surface area contributed by atoms with Crippen molar-refractivity contribution in [3.05, 3.63) is 93.2 Å². The van der Waals surface area contributed by atoms with Crippen molar-refractivity contribution in [1.82, 2.24) is 10.3 Å². The number of nitrogens with zero attached hydrogens (tertiary/aromatic N) is 1. The molecule has 3 aromatic rings. The Morgan fingerprint density at radius 1 is 0.923 bits per heavy atom. The van der Waals surface area contributed by atoms with Crippen LogP contribution >= 0.6 is 23.2 Å². The van der Waals surface area contributed by atoms with Crippen LogP contribution in [0.25, 0.3) is 12.2 Å². The molecule has 1 aromatic heterocycles. The van der Waals surface area contributed by atoms with Crippen molar-refractivity contribution in [2.75, 3.05) is 0 Å². The Morgan fingerprint density at radius 3 is 2.42 bits per heavy atom. The van der Waals surface area contributed by atoms with E-state index in [9.17, 15) is 5.11 Å². The highest BCUT2D eigenvalue weighted by Gasteiger charge is 2.02. The summed E-state index contributed by atoms with van der Waals surface area (Å²) < 4.78 is 0. The minimum absolute atomic E-state index is 0.273. The maximum absolute atomic E-state index is 10.1. The Hall–Kier alpha value is -2.33. The number of aromatic nitrogens is 1. The molecule has 3 rings (SSSR count). The van der Waals surface area contributed by atoms with Crippen molar-refractivity contribution in [2.45, 2.75) is 13.1 Å². The number of hydrogen-bond acceptors (Lipinski definition) is 3. The highest BCUT2D eigenvalue weighted by atomic mass is 35.5. The van der Waals surface area contributed by atoms with E-state index in [-0.39, 0.29) is 5.75 Å². The summed E-state index contributed by atoms with van der Waals surface area (Å²) in [7, 11) is 0. The fraction of sp³-hybridized carbons (Fsp3) is 0.0952. The molecule has 0 amide bonds. The number of phenols is 1. The van der Waals surface area contributed by atoms with E-state index in [1.54, 1.807) is 18.3 Å². The minimum Gasteiger partial charge on any atom is -0.508 e. The first kappa shape index (κ1) is 18.5. The number of rotatable bonds is 6. The lowest BCUT2D eigenvalue weighted by Gasteiger charge is -2.08. The van der Waals surface area contributed by atoms with Crippen molar-refractivity contribution in [3.63, 3.8) is 0 Å². The van der Waals surface area contributed by atoms with Gasteiger partial charge in [0.05, 0.1) is 10.0 Å². The average molecular weight is 385 g/mol. The van der Waals surface area contributed by atoms with E-state index in [2.05, 4.69) is 10.3 Å². The average Bonchev–Trinajstić information content (AvgIpc) is 2.65. The molecular weight excluding hydrogens is 367 g/mol. The molecule has 0 aliphatic carbocycles. The Bertz CT molecular complexity index is 911. The second kappa shape index (κ2) is 8.86. The molecule has 2 N–H and O–H groups in total. The first-order chi connectivity index (χ1) is 12.6. The van der Waals surface area contributed by atoms with E-state index in [0.717, 1.165) is 22.3 Å². The quantitative estimate of drug-likeness (QED) is 0.547. The number of aromatic hydroxyl groups is 1. The number of phenolic OH excluding ortho intramolecular Hbond substituents is 1. The normalized spacial score (nSPS) is 11.2. The van der Waals surface area contributed by atoms with Crippen molar-refractivity contribution in [1.29, 1.82) is 0 Å². The highest BCUT2D eigenvalue weighted by Crippen LogP contribution is 2.24. The number of benzene rings is 2. The van der Waals surface area contributed by atoms with Gasteiger partial charge in [0.25, 0.3) is 0 Å². The molecule has 0 spiro atoms. The van der Waals surface area contributed by atoms with E-state index >= 15 is 0 Å². The van der Waals surface area contributed by atoms with Gasteiger partial charge in [-0.2, -0.15) is 0 Å². The number of halogens is 2. The molecule has 0 radical (unpaired) electrons. The van der Waals surface area contributed by atoms with Crippen molar-refractivity contribution >= 4 is 35.4 Å². The van der Waals surface area contributed by atoms with Crippen LogP contribution in [0.3, 0.4) is 0 Å². The summed E-state index contributed by atoms with van der Waals surface area (Å²) in [5.74, 6) is 0.273. The van der Waals surface area contributed by atoms with Gasteiger partial charge in [0.1, 0.15) is 5.75 Å². The summed E-state index contributed by atoms with van der Waals surface area (Å²) in [6, 6.07) is 14.9. The largest absolute Gasteiger partial charge is 0.508 e. The number of hydrogen-bond donors (Lipinski definition) is 2. The molecule has 0 bridgehead atoms. The highest BCUT2D eigenvalue weighted by molar-refractivity contribution is 6.42. The van der Waals surface area contributed by atoms with Crippen molar-refractivity contribution < 1.29 is 5.11 Å². The molecule has 1 heterocycles. The summed E-state index contributed by atoms with van der Waals surface area (Å²) in [5, 5.41) is 14.5. The zero-order valence-corrected chi connectivity index (χ0v) is 15.5. The van der Waals surface area contributed by atoms with E-state index < -0.39 is 0 Å². The predicted molar refractivity (Wildman–Crippen MR) is 108 cm³/mol. The van der Waals surface area contributed by atoms with Gasteiger partial charge < -0.3 is 10.4 Å². The van der Waals surface area contributed by atoms with Crippen LogP contribution in [0.5, 0.6) is 5.75 Å². The molecule has 0 fully saturated rings. The Kier molecular flexibility index (Phi) is 6.29. The summed E-state index contributed by atoms with van der Waals surface area (Å²) in [5.41, 5.74) is 3.89. The predicted octanol–water partition coefficient (Wildman–Crippen LogP) is 5.55.